The van der Waals surface area contributed by atoms with Gasteiger partial charge in [0.1, 0.15) is 10.6 Å². The summed E-state index contributed by atoms with van der Waals surface area (Å²) in [5.74, 6) is 0.243. The summed E-state index contributed by atoms with van der Waals surface area (Å²) < 4.78 is 39.0. The number of halogens is 1. The Hall–Kier alpha value is -1.71. The van der Waals surface area contributed by atoms with Crippen molar-refractivity contribution < 1.29 is 17.9 Å². The van der Waals surface area contributed by atoms with Gasteiger partial charge < -0.3 is 9.47 Å². The van der Waals surface area contributed by atoms with Gasteiger partial charge in [0.05, 0.1) is 32.1 Å². The molecule has 9 heteroatoms. The van der Waals surface area contributed by atoms with Crippen molar-refractivity contribution in [1.82, 2.24) is 14.6 Å². The van der Waals surface area contributed by atoms with Crippen LogP contribution in [0, 0.1) is 0 Å². The summed E-state index contributed by atoms with van der Waals surface area (Å²) >= 11 is 5.98. The molecule has 1 fully saturated rings. The molecule has 0 saturated carbocycles. The average molecular weight is 412 g/mol. The van der Waals surface area contributed by atoms with Gasteiger partial charge in [-0.2, -0.15) is 0 Å². The number of hydrogen-bond donors (Lipinski definition) is 1. The quantitative estimate of drug-likeness (QED) is 0.751. The van der Waals surface area contributed by atoms with Gasteiger partial charge in [-0.1, -0.05) is 17.7 Å². The number of ether oxygens (including phenoxy) is 2. The number of rotatable bonds is 7. The largest absolute Gasteiger partial charge is 0.495 e. The van der Waals surface area contributed by atoms with Crippen LogP contribution < -0.4 is 9.46 Å². The first kappa shape index (κ1) is 20.0. The van der Waals surface area contributed by atoms with Crippen LogP contribution in [0.5, 0.6) is 5.75 Å². The van der Waals surface area contributed by atoms with Crippen molar-refractivity contribution in [3.05, 3.63) is 53.3 Å². The Labute approximate surface area is 164 Å². The minimum Gasteiger partial charge on any atom is -0.495 e. The monoisotopic (exact) mass is 411 g/mol. The molecule has 2 aromatic rings. The summed E-state index contributed by atoms with van der Waals surface area (Å²) in [6.07, 6.45) is 1.71. The van der Waals surface area contributed by atoms with Gasteiger partial charge in [-0.05, 0) is 30.3 Å². The van der Waals surface area contributed by atoms with Crippen LogP contribution in [-0.2, 0) is 14.8 Å². The molecule has 0 unspecified atom stereocenters. The van der Waals surface area contributed by atoms with E-state index in [1.165, 1.54) is 19.2 Å². The highest BCUT2D eigenvalue weighted by molar-refractivity contribution is 7.89. The van der Waals surface area contributed by atoms with Crippen LogP contribution in [0.4, 0.5) is 0 Å². The fourth-order valence-corrected chi connectivity index (χ4v) is 4.48. The lowest BCUT2D eigenvalue weighted by Gasteiger charge is -2.34. The molecule has 1 saturated heterocycles. The Bertz CT molecular complexity index is 858. The number of methoxy groups -OCH3 is 1. The Morgan fingerprint density at radius 3 is 2.74 bits per heavy atom. The van der Waals surface area contributed by atoms with Crippen molar-refractivity contribution in [3.8, 4) is 5.75 Å². The second-order valence-corrected chi connectivity index (χ2v) is 8.24. The van der Waals surface area contributed by atoms with Gasteiger partial charge in [-0.25, -0.2) is 13.1 Å². The third-order valence-corrected chi connectivity index (χ3v) is 6.08. The van der Waals surface area contributed by atoms with E-state index in [9.17, 15) is 8.42 Å². The molecule has 1 aliphatic rings. The molecule has 0 bridgehead atoms. The first-order chi connectivity index (χ1) is 13.0. The standard InChI is InChI=1S/C18H22ClN3O4S/c1-25-17-6-5-14(19)12-18(17)27(23,24)21-13-16(15-4-2-3-7-20-15)22-8-10-26-11-9-22/h2-7,12,16,21H,8-11,13H2,1H3/t16-/m0/s1. The normalized spacial score (nSPS) is 16.8. The SMILES string of the molecule is COc1ccc(Cl)cc1S(=O)(=O)NC[C@@H](c1ccccn1)N1CCOCC1. The maximum atomic E-state index is 12.9. The zero-order valence-corrected chi connectivity index (χ0v) is 16.5. The van der Waals surface area contributed by atoms with Crippen LogP contribution in [0.1, 0.15) is 11.7 Å². The predicted molar refractivity (Wildman–Crippen MR) is 103 cm³/mol. The van der Waals surface area contributed by atoms with E-state index in [0.717, 1.165) is 5.69 Å². The Morgan fingerprint density at radius 1 is 1.30 bits per heavy atom. The molecule has 1 aromatic heterocycles. The van der Waals surface area contributed by atoms with Crippen molar-refractivity contribution in [2.75, 3.05) is 40.0 Å². The molecule has 1 aromatic carbocycles. The van der Waals surface area contributed by atoms with E-state index < -0.39 is 10.0 Å². The minimum absolute atomic E-state index is 0.0132. The van der Waals surface area contributed by atoms with Crippen molar-refractivity contribution in [2.45, 2.75) is 10.9 Å². The molecule has 2 heterocycles. The second kappa shape index (κ2) is 8.99. The summed E-state index contributed by atoms with van der Waals surface area (Å²) in [7, 11) is -2.39. The summed E-state index contributed by atoms with van der Waals surface area (Å²) in [5, 5.41) is 0.325. The van der Waals surface area contributed by atoms with Gasteiger partial charge in [0.15, 0.2) is 0 Å². The summed E-state index contributed by atoms with van der Waals surface area (Å²) in [5.41, 5.74) is 0.806. The van der Waals surface area contributed by atoms with Crippen LogP contribution in [-0.4, -0.2) is 58.3 Å². The van der Waals surface area contributed by atoms with Crippen molar-refractivity contribution >= 4 is 21.6 Å². The van der Waals surface area contributed by atoms with Crippen LogP contribution in [0.25, 0.3) is 0 Å². The number of morpholine rings is 1. The number of sulfonamides is 1. The van der Waals surface area contributed by atoms with E-state index in [1.807, 2.05) is 18.2 Å². The topological polar surface area (TPSA) is 80.8 Å². The molecule has 27 heavy (non-hydrogen) atoms. The molecule has 3 rings (SSSR count). The Morgan fingerprint density at radius 2 is 2.07 bits per heavy atom. The van der Waals surface area contributed by atoms with Crippen LogP contribution in [0.2, 0.25) is 5.02 Å². The highest BCUT2D eigenvalue weighted by Gasteiger charge is 2.27. The number of aromatic nitrogens is 1. The minimum atomic E-state index is -3.81. The van der Waals surface area contributed by atoms with E-state index in [4.69, 9.17) is 21.1 Å². The van der Waals surface area contributed by atoms with Gasteiger partial charge in [0, 0.05) is 30.9 Å². The molecule has 1 N–H and O–H groups in total. The van der Waals surface area contributed by atoms with E-state index in [-0.39, 0.29) is 23.2 Å². The fourth-order valence-electron chi connectivity index (χ4n) is 3.01. The molecular formula is C18H22ClN3O4S. The maximum Gasteiger partial charge on any atom is 0.244 e. The van der Waals surface area contributed by atoms with Gasteiger partial charge >= 0.3 is 0 Å². The zero-order chi connectivity index (χ0) is 19.3. The summed E-state index contributed by atoms with van der Waals surface area (Å²) in [4.78, 5) is 6.60. The maximum absolute atomic E-state index is 12.9. The van der Waals surface area contributed by atoms with E-state index in [1.54, 1.807) is 12.3 Å². The third-order valence-electron chi connectivity index (χ3n) is 4.40. The molecular weight excluding hydrogens is 390 g/mol. The molecule has 0 amide bonds. The number of pyridine rings is 1. The van der Waals surface area contributed by atoms with Gasteiger partial charge in [-0.15, -0.1) is 0 Å². The molecule has 1 aliphatic heterocycles. The lowest BCUT2D eigenvalue weighted by atomic mass is 10.1. The number of hydrogen-bond acceptors (Lipinski definition) is 6. The first-order valence-electron chi connectivity index (χ1n) is 8.57. The van der Waals surface area contributed by atoms with Crippen molar-refractivity contribution in [1.29, 1.82) is 0 Å². The van der Waals surface area contributed by atoms with Gasteiger partial charge in [0.2, 0.25) is 10.0 Å². The molecule has 0 radical (unpaired) electrons. The molecule has 0 aliphatic carbocycles. The molecule has 7 nitrogen and oxygen atoms in total. The lowest BCUT2D eigenvalue weighted by molar-refractivity contribution is 0.0163. The van der Waals surface area contributed by atoms with E-state index in [0.29, 0.717) is 31.3 Å². The number of benzene rings is 1. The fraction of sp³-hybridized carbons (Fsp3) is 0.389. The summed E-state index contributed by atoms with van der Waals surface area (Å²) in [6.45, 7) is 2.82. The Kier molecular flexibility index (Phi) is 6.67. The van der Waals surface area contributed by atoms with E-state index in [2.05, 4.69) is 14.6 Å². The van der Waals surface area contributed by atoms with Crippen molar-refractivity contribution in [2.24, 2.45) is 0 Å². The average Bonchev–Trinajstić information content (AvgIpc) is 2.70. The van der Waals surface area contributed by atoms with Gasteiger partial charge in [0.25, 0.3) is 0 Å². The van der Waals surface area contributed by atoms with Crippen LogP contribution in [0.3, 0.4) is 0 Å². The molecule has 0 spiro atoms. The van der Waals surface area contributed by atoms with Crippen molar-refractivity contribution in [3.63, 3.8) is 0 Å². The molecule has 1 atom stereocenters. The predicted octanol–water partition coefficient (Wildman–Crippen LogP) is 2.10. The second-order valence-electron chi connectivity index (χ2n) is 6.07. The lowest BCUT2D eigenvalue weighted by Crippen LogP contribution is -2.44. The highest BCUT2D eigenvalue weighted by atomic mass is 35.5. The Balaban J connectivity index is 1.83. The van der Waals surface area contributed by atoms with Gasteiger partial charge in [-0.3, -0.25) is 9.88 Å². The first-order valence-corrected chi connectivity index (χ1v) is 10.4. The molecule has 146 valence electrons. The number of nitrogens with one attached hydrogen (secondary N) is 1. The smallest absolute Gasteiger partial charge is 0.244 e. The van der Waals surface area contributed by atoms with Crippen LogP contribution >= 0.6 is 11.6 Å². The zero-order valence-electron chi connectivity index (χ0n) is 15.0. The highest BCUT2D eigenvalue weighted by Crippen LogP contribution is 2.27. The summed E-state index contributed by atoms with van der Waals surface area (Å²) in [6, 6.07) is 9.93. The number of nitrogens with zero attached hydrogens (tertiary/aromatic N) is 2. The third kappa shape index (κ3) is 4.97. The van der Waals surface area contributed by atoms with Crippen LogP contribution in [0.15, 0.2) is 47.5 Å². The van der Waals surface area contributed by atoms with E-state index >= 15 is 0 Å².